The normalized spacial score (nSPS) is 14.3. The van der Waals surface area contributed by atoms with E-state index in [1.807, 2.05) is 25.1 Å². The molecule has 0 radical (unpaired) electrons. The van der Waals surface area contributed by atoms with Gasteiger partial charge in [-0.2, -0.15) is 0 Å². The van der Waals surface area contributed by atoms with Gasteiger partial charge in [-0.25, -0.2) is 0 Å². The lowest BCUT2D eigenvalue weighted by molar-refractivity contribution is 0.196. The third-order valence-corrected chi connectivity index (χ3v) is 3.32. The number of hydrogen-bond acceptors (Lipinski definition) is 2. The summed E-state index contributed by atoms with van der Waals surface area (Å²) in [6, 6.07) is 6.28. The molecule has 102 valence electrons. The van der Waals surface area contributed by atoms with Crippen molar-refractivity contribution in [2.75, 3.05) is 6.54 Å². The smallest absolute Gasteiger partial charge is 0.120 e. The summed E-state index contributed by atoms with van der Waals surface area (Å²) >= 11 is 5.99. The van der Waals surface area contributed by atoms with Gasteiger partial charge in [-0.3, -0.25) is 0 Å². The standard InChI is InChI=1S/C15H24ClNO/c1-5-8-17-12(3)10-13(4)18-14-6-7-15(16)11(2)9-14/h6-7,9,12-13,17H,5,8,10H2,1-4H3. The van der Waals surface area contributed by atoms with Crippen molar-refractivity contribution in [2.45, 2.75) is 52.7 Å². The lowest BCUT2D eigenvalue weighted by Gasteiger charge is -2.20. The second-order valence-electron chi connectivity index (χ2n) is 4.93. The summed E-state index contributed by atoms with van der Waals surface area (Å²) in [5, 5.41) is 4.25. The van der Waals surface area contributed by atoms with Gasteiger partial charge in [0.15, 0.2) is 0 Å². The molecule has 18 heavy (non-hydrogen) atoms. The quantitative estimate of drug-likeness (QED) is 0.801. The van der Waals surface area contributed by atoms with Crippen LogP contribution in [0.3, 0.4) is 0 Å². The number of hydrogen-bond donors (Lipinski definition) is 1. The minimum atomic E-state index is 0.199. The van der Waals surface area contributed by atoms with Gasteiger partial charge in [0.2, 0.25) is 0 Å². The average molecular weight is 270 g/mol. The molecule has 2 nitrogen and oxygen atoms in total. The van der Waals surface area contributed by atoms with Gasteiger partial charge < -0.3 is 10.1 Å². The zero-order chi connectivity index (χ0) is 13.5. The van der Waals surface area contributed by atoms with E-state index >= 15 is 0 Å². The molecule has 0 aliphatic carbocycles. The third kappa shape index (κ3) is 5.28. The van der Waals surface area contributed by atoms with E-state index in [-0.39, 0.29) is 6.10 Å². The van der Waals surface area contributed by atoms with Crippen molar-refractivity contribution in [1.29, 1.82) is 0 Å². The molecule has 2 unspecified atom stereocenters. The molecule has 1 aromatic rings. The number of nitrogens with one attached hydrogen (secondary N) is 1. The van der Waals surface area contributed by atoms with Gasteiger partial charge in [0, 0.05) is 11.1 Å². The van der Waals surface area contributed by atoms with Gasteiger partial charge in [-0.15, -0.1) is 0 Å². The van der Waals surface area contributed by atoms with E-state index in [2.05, 4.69) is 26.1 Å². The molecule has 1 aromatic carbocycles. The zero-order valence-corrected chi connectivity index (χ0v) is 12.6. The van der Waals surface area contributed by atoms with Crippen LogP contribution < -0.4 is 10.1 Å². The van der Waals surface area contributed by atoms with Gasteiger partial charge >= 0.3 is 0 Å². The molecule has 1 N–H and O–H groups in total. The largest absolute Gasteiger partial charge is 0.491 e. The maximum atomic E-state index is 5.99. The van der Waals surface area contributed by atoms with Crippen LogP contribution in [0.5, 0.6) is 5.75 Å². The first-order valence-electron chi connectivity index (χ1n) is 6.69. The van der Waals surface area contributed by atoms with Crippen molar-refractivity contribution < 1.29 is 4.74 Å². The minimum Gasteiger partial charge on any atom is -0.491 e. The molecular formula is C15H24ClNO. The third-order valence-electron chi connectivity index (χ3n) is 2.89. The van der Waals surface area contributed by atoms with Crippen molar-refractivity contribution in [2.24, 2.45) is 0 Å². The van der Waals surface area contributed by atoms with Crippen molar-refractivity contribution in [1.82, 2.24) is 5.32 Å². The second kappa shape index (κ2) is 7.65. The van der Waals surface area contributed by atoms with Crippen LogP contribution in [0, 0.1) is 6.92 Å². The monoisotopic (exact) mass is 269 g/mol. The van der Waals surface area contributed by atoms with Crippen LogP contribution in [0.2, 0.25) is 5.02 Å². The lowest BCUT2D eigenvalue weighted by Crippen LogP contribution is -2.31. The van der Waals surface area contributed by atoms with Gasteiger partial charge in [-0.1, -0.05) is 18.5 Å². The summed E-state index contributed by atoms with van der Waals surface area (Å²) in [5.74, 6) is 0.895. The van der Waals surface area contributed by atoms with Gasteiger partial charge in [0.25, 0.3) is 0 Å². The molecule has 0 amide bonds. The maximum absolute atomic E-state index is 5.99. The first-order chi connectivity index (χ1) is 8.52. The highest BCUT2D eigenvalue weighted by atomic mass is 35.5. The Hall–Kier alpha value is -0.730. The summed E-state index contributed by atoms with van der Waals surface area (Å²) < 4.78 is 5.90. The van der Waals surface area contributed by atoms with Crippen LogP contribution in [-0.4, -0.2) is 18.7 Å². The Bertz CT molecular complexity index is 368. The predicted molar refractivity (Wildman–Crippen MR) is 78.7 cm³/mol. The Morgan fingerprint density at radius 1 is 1.33 bits per heavy atom. The van der Waals surface area contributed by atoms with Gasteiger partial charge in [0.1, 0.15) is 5.75 Å². The summed E-state index contributed by atoms with van der Waals surface area (Å²) in [5.41, 5.74) is 1.05. The summed E-state index contributed by atoms with van der Waals surface area (Å²) in [6.07, 6.45) is 2.36. The molecule has 0 aliphatic rings. The first kappa shape index (κ1) is 15.3. The number of ether oxygens (including phenoxy) is 1. The molecule has 0 spiro atoms. The number of benzene rings is 1. The maximum Gasteiger partial charge on any atom is 0.120 e. The second-order valence-corrected chi connectivity index (χ2v) is 5.34. The number of aryl methyl sites for hydroxylation is 1. The van der Waals surface area contributed by atoms with E-state index in [1.165, 1.54) is 0 Å². The topological polar surface area (TPSA) is 21.3 Å². The van der Waals surface area contributed by atoms with Crippen LogP contribution in [0.1, 0.15) is 39.2 Å². The fourth-order valence-electron chi connectivity index (χ4n) is 1.94. The Labute approximate surface area is 116 Å². The molecule has 0 saturated carbocycles. The van der Waals surface area contributed by atoms with E-state index in [4.69, 9.17) is 16.3 Å². The number of halogens is 1. The summed E-state index contributed by atoms with van der Waals surface area (Å²) in [7, 11) is 0. The molecule has 0 aliphatic heterocycles. The number of rotatable bonds is 7. The van der Waals surface area contributed by atoms with E-state index in [0.717, 1.165) is 35.7 Å². The Morgan fingerprint density at radius 2 is 2.06 bits per heavy atom. The van der Waals surface area contributed by atoms with Crippen LogP contribution >= 0.6 is 11.6 Å². The highest BCUT2D eigenvalue weighted by Gasteiger charge is 2.10. The van der Waals surface area contributed by atoms with E-state index in [0.29, 0.717) is 6.04 Å². The molecule has 2 atom stereocenters. The lowest BCUT2D eigenvalue weighted by atomic mass is 10.1. The first-order valence-corrected chi connectivity index (χ1v) is 7.07. The molecule has 1 rings (SSSR count). The molecule has 0 fully saturated rings. The Morgan fingerprint density at radius 3 is 2.67 bits per heavy atom. The van der Waals surface area contributed by atoms with E-state index in [1.54, 1.807) is 0 Å². The average Bonchev–Trinajstić information content (AvgIpc) is 2.31. The summed E-state index contributed by atoms with van der Waals surface area (Å²) in [4.78, 5) is 0. The minimum absolute atomic E-state index is 0.199. The zero-order valence-electron chi connectivity index (χ0n) is 11.8. The van der Waals surface area contributed by atoms with E-state index < -0.39 is 0 Å². The highest BCUT2D eigenvalue weighted by molar-refractivity contribution is 6.31. The Balaban J connectivity index is 2.43. The van der Waals surface area contributed by atoms with Crippen molar-refractivity contribution >= 4 is 11.6 Å². The molecule has 0 saturated heterocycles. The van der Waals surface area contributed by atoms with Crippen LogP contribution in [0.4, 0.5) is 0 Å². The van der Waals surface area contributed by atoms with Gasteiger partial charge in [-0.05, 0) is 63.9 Å². The molecule has 0 aromatic heterocycles. The van der Waals surface area contributed by atoms with Crippen LogP contribution in [0.25, 0.3) is 0 Å². The Kier molecular flexibility index (Phi) is 6.51. The van der Waals surface area contributed by atoms with Gasteiger partial charge in [0.05, 0.1) is 6.10 Å². The fourth-order valence-corrected chi connectivity index (χ4v) is 2.06. The van der Waals surface area contributed by atoms with Crippen LogP contribution in [0.15, 0.2) is 18.2 Å². The SMILES string of the molecule is CCCNC(C)CC(C)Oc1ccc(Cl)c(C)c1. The molecule has 3 heteroatoms. The van der Waals surface area contributed by atoms with Crippen molar-refractivity contribution in [3.63, 3.8) is 0 Å². The predicted octanol–water partition coefficient (Wildman–Crippen LogP) is 4.19. The van der Waals surface area contributed by atoms with Crippen molar-refractivity contribution in [3.05, 3.63) is 28.8 Å². The fraction of sp³-hybridized carbons (Fsp3) is 0.600. The molecule has 0 bridgehead atoms. The highest BCUT2D eigenvalue weighted by Crippen LogP contribution is 2.22. The van der Waals surface area contributed by atoms with E-state index in [9.17, 15) is 0 Å². The summed E-state index contributed by atoms with van der Waals surface area (Å²) in [6.45, 7) is 9.53. The molecule has 0 heterocycles. The van der Waals surface area contributed by atoms with Crippen molar-refractivity contribution in [3.8, 4) is 5.75 Å². The van der Waals surface area contributed by atoms with Crippen LogP contribution in [-0.2, 0) is 0 Å². The molecular weight excluding hydrogens is 246 g/mol.